The normalized spacial score (nSPS) is 18.7. The Morgan fingerprint density at radius 3 is 2.77 bits per heavy atom. The van der Waals surface area contributed by atoms with Crippen LogP contribution in [0, 0.1) is 13.8 Å². The van der Waals surface area contributed by atoms with Gasteiger partial charge in [0.2, 0.25) is 10.0 Å². The smallest absolute Gasteiger partial charge is 0.243 e. The van der Waals surface area contributed by atoms with Crippen LogP contribution in [-0.2, 0) is 17.1 Å². The first kappa shape index (κ1) is 17.2. The standard InChI is InChI=1S/C19H22N4O2S/c1-13-6-7-14(2)17(11-13)26(24,25)23-10-8-15(12-23)18-21-16-5-4-9-20-19(16)22(18)3/h4-7,9,11,15H,8,10,12H2,1-3H3/t15-/m0/s1. The monoisotopic (exact) mass is 370 g/mol. The maximum Gasteiger partial charge on any atom is 0.243 e. The van der Waals surface area contributed by atoms with Crippen LogP contribution < -0.4 is 0 Å². The molecule has 1 saturated heterocycles. The summed E-state index contributed by atoms with van der Waals surface area (Å²) in [6.45, 7) is 4.72. The van der Waals surface area contributed by atoms with Crippen LogP contribution in [0.3, 0.4) is 0 Å². The Bertz CT molecular complexity index is 1090. The van der Waals surface area contributed by atoms with Crippen molar-refractivity contribution in [2.75, 3.05) is 13.1 Å². The number of aryl methyl sites for hydroxylation is 3. The summed E-state index contributed by atoms with van der Waals surface area (Å²) < 4.78 is 29.8. The number of aromatic nitrogens is 3. The number of fused-ring (bicyclic) bond motifs is 1. The Balaban J connectivity index is 1.65. The molecule has 1 fully saturated rings. The lowest BCUT2D eigenvalue weighted by molar-refractivity contribution is 0.469. The van der Waals surface area contributed by atoms with Crippen molar-refractivity contribution in [3.05, 3.63) is 53.5 Å². The molecule has 7 heteroatoms. The molecule has 1 aliphatic rings. The second-order valence-electron chi connectivity index (χ2n) is 6.99. The lowest BCUT2D eigenvalue weighted by Gasteiger charge is -2.18. The molecule has 136 valence electrons. The highest BCUT2D eigenvalue weighted by Gasteiger charge is 2.36. The Labute approximate surface area is 153 Å². The zero-order valence-corrected chi connectivity index (χ0v) is 16.0. The molecule has 0 N–H and O–H groups in total. The minimum Gasteiger partial charge on any atom is -0.316 e. The summed E-state index contributed by atoms with van der Waals surface area (Å²) in [7, 11) is -1.55. The van der Waals surface area contributed by atoms with E-state index in [1.807, 2.05) is 49.7 Å². The van der Waals surface area contributed by atoms with Gasteiger partial charge in [0.05, 0.1) is 4.90 Å². The van der Waals surface area contributed by atoms with Gasteiger partial charge in [-0.3, -0.25) is 0 Å². The molecule has 26 heavy (non-hydrogen) atoms. The largest absolute Gasteiger partial charge is 0.316 e. The molecule has 0 aliphatic carbocycles. The van der Waals surface area contributed by atoms with Gasteiger partial charge in [0.25, 0.3) is 0 Å². The average Bonchev–Trinajstić information content (AvgIpc) is 3.23. The number of benzene rings is 1. The highest BCUT2D eigenvalue weighted by Crippen LogP contribution is 2.32. The molecule has 0 spiro atoms. The SMILES string of the molecule is Cc1ccc(C)c(S(=O)(=O)N2CC[C@H](c3nc4cccnc4n3C)C2)c1. The molecular weight excluding hydrogens is 348 g/mol. The van der Waals surface area contributed by atoms with Gasteiger partial charge in [-0.2, -0.15) is 4.31 Å². The maximum atomic E-state index is 13.1. The van der Waals surface area contributed by atoms with E-state index < -0.39 is 10.0 Å². The van der Waals surface area contributed by atoms with Crippen LogP contribution in [0.1, 0.15) is 29.3 Å². The number of pyridine rings is 1. The molecule has 0 radical (unpaired) electrons. The van der Waals surface area contributed by atoms with Crippen molar-refractivity contribution < 1.29 is 8.42 Å². The first-order valence-corrected chi connectivity index (χ1v) is 10.2. The van der Waals surface area contributed by atoms with Crippen LogP contribution >= 0.6 is 0 Å². The van der Waals surface area contributed by atoms with Crippen LogP contribution in [-0.4, -0.2) is 40.3 Å². The van der Waals surface area contributed by atoms with Crippen LogP contribution in [0.25, 0.3) is 11.2 Å². The van der Waals surface area contributed by atoms with Gasteiger partial charge in [-0.25, -0.2) is 18.4 Å². The molecule has 0 saturated carbocycles. The first-order valence-electron chi connectivity index (χ1n) is 8.72. The summed E-state index contributed by atoms with van der Waals surface area (Å²) in [5.41, 5.74) is 3.41. The van der Waals surface area contributed by atoms with E-state index in [-0.39, 0.29) is 5.92 Å². The van der Waals surface area contributed by atoms with E-state index in [4.69, 9.17) is 4.98 Å². The molecule has 0 unspecified atom stereocenters. The molecule has 3 aromatic rings. The van der Waals surface area contributed by atoms with Gasteiger partial charge in [-0.15, -0.1) is 0 Å². The number of sulfonamides is 1. The van der Waals surface area contributed by atoms with Gasteiger partial charge in [-0.1, -0.05) is 12.1 Å². The zero-order chi connectivity index (χ0) is 18.5. The number of hydrogen-bond donors (Lipinski definition) is 0. The molecule has 4 rings (SSSR count). The fourth-order valence-corrected chi connectivity index (χ4v) is 5.50. The maximum absolute atomic E-state index is 13.1. The molecule has 0 bridgehead atoms. The predicted octanol–water partition coefficient (Wildman–Crippen LogP) is 2.76. The number of hydrogen-bond acceptors (Lipinski definition) is 4. The molecule has 6 nitrogen and oxygen atoms in total. The van der Waals surface area contributed by atoms with Crippen molar-refractivity contribution in [3.8, 4) is 0 Å². The number of nitrogens with zero attached hydrogens (tertiary/aromatic N) is 4. The molecule has 1 aromatic carbocycles. The Morgan fingerprint density at radius 1 is 1.19 bits per heavy atom. The Hall–Kier alpha value is -2.25. The predicted molar refractivity (Wildman–Crippen MR) is 101 cm³/mol. The third-order valence-electron chi connectivity index (χ3n) is 5.14. The lowest BCUT2D eigenvalue weighted by atomic mass is 10.1. The van der Waals surface area contributed by atoms with Gasteiger partial charge in [0.1, 0.15) is 11.3 Å². The molecule has 0 amide bonds. The van der Waals surface area contributed by atoms with Crippen molar-refractivity contribution in [1.82, 2.24) is 18.8 Å². The molecular formula is C19H22N4O2S. The number of imidazole rings is 1. The minimum absolute atomic E-state index is 0.0779. The van der Waals surface area contributed by atoms with E-state index in [9.17, 15) is 8.42 Å². The fraction of sp³-hybridized carbons (Fsp3) is 0.368. The van der Waals surface area contributed by atoms with Crippen LogP contribution in [0.5, 0.6) is 0 Å². The van der Waals surface area contributed by atoms with Crippen molar-refractivity contribution in [3.63, 3.8) is 0 Å². The first-order chi connectivity index (χ1) is 12.4. The highest BCUT2D eigenvalue weighted by atomic mass is 32.2. The van der Waals surface area contributed by atoms with E-state index in [2.05, 4.69) is 4.98 Å². The van der Waals surface area contributed by atoms with E-state index in [0.29, 0.717) is 18.0 Å². The van der Waals surface area contributed by atoms with E-state index >= 15 is 0 Å². The second kappa shape index (κ2) is 6.17. The molecule has 1 aliphatic heterocycles. The van der Waals surface area contributed by atoms with E-state index in [1.165, 1.54) is 0 Å². The van der Waals surface area contributed by atoms with Gasteiger partial charge >= 0.3 is 0 Å². The quantitative estimate of drug-likeness (QED) is 0.711. The van der Waals surface area contributed by atoms with Crippen LogP contribution in [0.2, 0.25) is 0 Å². The summed E-state index contributed by atoms with van der Waals surface area (Å²) in [6, 6.07) is 9.37. The number of rotatable bonds is 3. The van der Waals surface area contributed by atoms with Crippen LogP contribution in [0.15, 0.2) is 41.4 Å². The van der Waals surface area contributed by atoms with Gasteiger partial charge in [-0.05, 0) is 49.6 Å². The topological polar surface area (TPSA) is 68.1 Å². The molecule has 1 atom stereocenters. The van der Waals surface area contributed by atoms with Gasteiger partial charge < -0.3 is 4.57 Å². The van der Waals surface area contributed by atoms with Crippen molar-refractivity contribution in [1.29, 1.82) is 0 Å². The summed E-state index contributed by atoms with van der Waals surface area (Å²) in [5.74, 6) is 0.978. The zero-order valence-electron chi connectivity index (χ0n) is 15.2. The third kappa shape index (κ3) is 2.71. The summed E-state index contributed by atoms with van der Waals surface area (Å²) >= 11 is 0. The fourth-order valence-electron chi connectivity index (χ4n) is 3.69. The second-order valence-corrected chi connectivity index (χ2v) is 8.90. The van der Waals surface area contributed by atoms with Gasteiger partial charge in [0.15, 0.2) is 5.65 Å². The molecule has 2 aromatic heterocycles. The average molecular weight is 370 g/mol. The molecule has 3 heterocycles. The third-order valence-corrected chi connectivity index (χ3v) is 7.15. The highest BCUT2D eigenvalue weighted by molar-refractivity contribution is 7.89. The summed E-state index contributed by atoms with van der Waals surface area (Å²) in [6.07, 6.45) is 2.51. The lowest BCUT2D eigenvalue weighted by Crippen LogP contribution is -2.29. The van der Waals surface area contributed by atoms with E-state index in [1.54, 1.807) is 16.6 Å². The van der Waals surface area contributed by atoms with Crippen LogP contribution in [0.4, 0.5) is 0 Å². The van der Waals surface area contributed by atoms with Crippen molar-refractivity contribution in [2.45, 2.75) is 31.1 Å². The van der Waals surface area contributed by atoms with Crippen molar-refractivity contribution in [2.24, 2.45) is 7.05 Å². The minimum atomic E-state index is -3.50. The van der Waals surface area contributed by atoms with Crippen molar-refractivity contribution >= 4 is 21.2 Å². The van der Waals surface area contributed by atoms with E-state index in [0.717, 1.165) is 34.5 Å². The Kier molecular flexibility index (Phi) is 4.08. The summed E-state index contributed by atoms with van der Waals surface area (Å²) in [5, 5.41) is 0. The van der Waals surface area contributed by atoms with Gasteiger partial charge in [0, 0.05) is 32.3 Å². The Morgan fingerprint density at radius 2 is 2.00 bits per heavy atom. The summed E-state index contributed by atoms with van der Waals surface area (Å²) in [4.78, 5) is 9.48.